The fraction of sp³-hybridized carbons (Fsp3) is 0.667. The Labute approximate surface area is 88.0 Å². The van der Waals surface area contributed by atoms with Crippen LogP contribution in [0.1, 0.15) is 30.2 Å². The smallest absolute Gasteiger partial charge is 0.151 e. The van der Waals surface area contributed by atoms with Gasteiger partial charge in [-0.1, -0.05) is 5.16 Å². The summed E-state index contributed by atoms with van der Waals surface area (Å²) >= 11 is 0. The second-order valence-electron chi connectivity index (χ2n) is 3.83. The highest BCUT2D eigenvalue weighted by atomic mass is 32.2. The van der Waals surface area contributed by atoms with E-state index < -0.39 is 9.84 Å². The molecule has 5 nitrogen and oxygen atoms in total. The van der Waals surface area contributed by atoms with Crippen LogP contribution in [0, 0.1) is 0 Å². The van der Waals surface area contributed by atoms with Crippen molar-refractivity contribution in [3.05, 3.63) is 17.5 Å². The molecule has 84 valence electrons. The lowest BCUT2D eigenvalue weighted by Crippen LogP contribution is -2.23. The summed E-state index contributed by atoms with van der Waals surface area (Å²) in [6.45, 7) is -0.178. The summed E-state index contributed by atoms with van der Waals surface area (Å²) in [6.07, 6.45) is 1.47. The molecule has 1 unspecified atom stereocenters. The van der Waals surface area contributed by atoms with Gasteiger partial charge in [-0.2, -0.15) is 0 Å². The second-order valence-corrected chi connectivity index (χ2v) is 6.06. The van der Waals surface area contributed by atoms with Crippen molar-refractivity contribution in [2.24, 2.45) is 0 Å². The standard InChI is InChI=1S/C9H13NO4S/c11-5-8-4-9(14-10-8)7-2-1-3-15(12,13)6-7/h4,7,11H,1-3,5-6H2. The summed E-state index contributed by atoms with van der Waals surface area (Å²) in [6, 6.07) is 1.63. The Bertz CT molecular complexity index is 437. The average Bonchev–Trinajstić information content (AvgIpc) is 2.64. The van der Waals surface area contributed by atoms with Crippen LogP contribution in [0.3, 0.4) is 0 Å². The van der Waals surface area contributed by atoms with E-state index in [2.05, 4.69) is 5.16 Å². The SMILES string of the molecule is O=S1(=O)CCCC(c2cc(CO)no2)C1. The van der Waals surface area contributed by atoms with Gasteiger partial charge in [-0.3, -0.25) is 0 Å². The predicted octanol–water partition coefficient (Wildman–Crippen LogP) is 0.459. The van der Waals surface area contributed by atoms with Crippen molar-refractivity contribution < 1.29 is 18.0 Å². The molecule has 0 amide bonds. The van der Waals surface area contributed by atoms with Gasteiger partial charge in [-0.15, -0.1) is 0 Å². The first-order chi connectivity index (χ1) is 7.11. The lowest BCUT2D eigenvalue weighted by Gasteiger charge is -2.18. The fourth-order valence-electron chi connectivity index (χ4n) is 1.84. The minimum atomic E-state index is -2.93. The van der Waals surface area contributed by atoms with Crippen LogP contribution in [0.25, 0.3) is 0 Å². The van der Waals surface area contributed by atoms with Crippen LogP contribution in [-0.4, -0.2) is 30.2 Å². The van der Waals surface area contributed by atoms with Crippen molar-refractivity contribution in [2.75, 3.05) is 11.5 Å². The fourth-order valence-corrected chi connectivity index (χ4v) is 3.56. The third-order valence-electron chi connectivity index (χ3n) is 2.60. The van der Waals surface area contributed by atoms with Gasteiger partial charge in [0.05, 0.1) is 18.1 Å². The Morgan fingerprint density at radius 2 is 2.40 bits per heavy atom. The van der Waals surface area contributed by atoms with E-state index in [-0.39, 0.29) is 24.0 Å². The van der Waals surface area contributed by atoms with Crippen molar-refractivity contribution in [1.29, 1.82) is 0 Å². The van der Waals surface area contributed by atoms with Gasteiger partial charge in [-0.25, -0.2) is 8.42 Å². The molecule has 1 N–H and O–H groups in total. The first kappa shape index (κ1) is 10.6. The molecular formula is C9H13NO4S. The molecule has 0 aliphatic carbocycles. The molecule has 1 aromatic heterocycles. The van der Waals surface area contributed by atoms with Crippen molar-refractivity contribution in [2.45, 2.75) is 25.4 Å². The monoisotopic (exact) mass is 231 g/mol. The topological polar surface area (TPSA) is 80.4 Å². The van der Waals surface area contributed by atoms with Crippen LogP contribution >= 0.6 is 0 Å². The van der Waals surface area contributed by atoms with E-state index in [1.165, 1.54) is 0 Å². The summed E-state index contributed by atoms with van der Waals surface area (Å²) in [4.78, 5) is 0. The second kappa shape index (κ2) is 3.94. The Kier molecular flexibility index (Phi) is 2.79. The molecule has 15 heavy (non-hydrogen) atoms. The average molecular weight is 231 g/mol. The summed E-state index contributed by atoms with van der Waals surface area (Å²) in [5, 5.41) is 12.4. The predicted molar refractivity (Wildman–Crippen MR) is 53.1 cm³/mol. The van der Waals surface area contributed by atoms with Gasteiger partial charge in [0.1, 0.15) is 11.5 Å². The van der Waals surface area contributed by atoms with Crippen LogP contribution < -0.4 is 0 Å². The molecule has 1 atom stereocenters. The third kappa shape index (κ3) is 2.38. The molecule has 0 spiro atoms. The van der Waals surface area contributed by atoms with E-state index >= 15 is 0 Å². The molecule has 1 aliphatic heterocycles. The number of hydrogen-bond donors (Lipinski definition) is 1. The van der Waals surface area contributed by atoms with Gasteiger partial charge in [0.15, 0.2) is 9.84 Å². The van der Waals surface area contributed by atoms with Gasteiger partial charge in [0.2, 0.25) is 0 Å². The molecule has 2 rings (SSSR count). The van der Waals surface area contributed by atoms with E-state index in [1.807, 2.05) is 0 Å². The molecule has 1 aromatic rings. The highest BCUT2D eigenvalue weighted by Crippen LogP contribution is 2.28. The Morgan fingerprint density at radius 1 is 1.60 bits per heavy atom. The van der Waals surface area contributed by atoms with E-state index in [0.29, 0.717) is 17.9 Å². The van der Waals surface area contributed by atoms with Gasteiger partial charge in [0.25, 0.3) is 0 Å². The Morgan fingerprint density at radius 3 is 3.00 bits per heavy atom. The van der Waals surface area contributed by atoms with Crippen LogP contribution in [-0.2, 0) is 16.4 Å². The maximum atomic E-state index is 11.4. The first-order valence-electron chi connectivity index (χ1n) is 4.87. The van der Waals surface area contributed by atoms with Gasteiger partial charge >= 0.3 is 0 Å². The highest BCUT2D eigenvalue weighted by molar-refractivity contribution is 7.91. The summed E-state index contributed by atoms with van der Waals surface area (Å²) in [7, 11) is -2.93. The van der Waals surface area contributed by atoms with Crippen LogP contribution in [0.15, 0.2) is 10.6 Å². The number of hydrogen-bond acceptors (Lipinski definition) is 5. The number of aliphatic hydroxyl groups excluding tert-OH is 1. The zero-order valence-electron chi connectivity index (χ0n) is 8.22. The third-order valence-corrected chi connectivity index (χ3v) is 4.43. The van der Waals surface area contributed by atoms with Crippen molar-refractivity contribution >= 4 is 9.84 Å². The number of nitrogens with zero attached hydrogens (tertiary/aromatic N) is 1. The van der Waals surface area contributed by atoms with Crippen LogP contribution in [0.4, 0.5) is 0 Å². The molecule has 2 heterocycles. The highest BCUT2D eigenvalue weighted by Gasteiger charge is 2.28. The molecule has 0 saturated carbocycles. The maximum absolute atomic E-state index is 11.4. The first-order valence-corrected chi connectivity index (χ1v) is 6.69. The van der Waals surface area contributed by atoms with E-state index in [1.54, 1.807) is 6.07 Å². The summed E-state index contributed by atoms with van der Waals surface area (Å²) in [5.74, 6) is 0.872. The molecule has 1 aliphatic rings. The Balaban J connectivity index is 2.17. The zero-order valence-corrected chi connectivity index (χ0v) is 9.03. The van der Waals surface area contributed by atoms with Crippen LogP contribution in [0.2, 0.25) is 0 Å². The number of aromatic nitrogens is 1. The summed E-state index contributed by atoms with van der Waals surface area (Å²) in [5.41, 5.74) is 0.452. The van der Waals surface area contributed by atoms with E-state index in [0.717, 1.165) is 6.42 Å². The largest absolute Gasteiger partial charge is 0.390 e. The van der Waals surface area contributed by atoms with Gasteiger partial charge in [-0.05, 0) is 12.8 Å². The van der Waals surface area contributed by atoms with E-state index in [4.69, 9.17) is 9.63 Å². The van der Waals surface area contributed by atoms with E-state index in [9.17, 15) is 8.42 Å². The van der Waals surface area contributed by atoms with Gasteiger partial charge in [0, 0.05) is 12.0 Å². The molecule has 0 radical (unpaired) electrons. The lowest BCUT2D eigenvalue weighted by atomic mass is 10.0. The van der Waals surface area contributed by atoms with Crippen molar-refractivity contribution in [3.8, 4) is 0 Å². The molecule has 0 aromatic carbocycles. The van der Waals surface area contributed by atoms with Crippen molar-refractivity contribution in [3.63, 3.8) is 0 Å². The maximum Gasteiger partial charge on any atom is 0.151 e. The van der Waals surface area contributed by atoms with Gasteiger partial charge < -0.3 is 9.63 Å². The molecule has 1 saturated heterocycles. The quantitative estimate of drug-likeness (QED) is 0.799. The number of sulfone groups is 1. The molecular weight excluding hydrogens is 218 g/mol. The minimum absolute atomic E-state index is 0.100. The van der Waals surface area contributed by atoms with Crippen molar-refractivity contribution in [1.82, 2.24) is 5.16 Å². The summed E-state index contributed by atoms with van der Waals surface area (Å²) < 4.78 is 27.8. The molecule has 6 heteroatoms. The lowest BCUT2D eigenvalue weighted by molar-refractivity contribution is 0.263. The number of aliphatic hydroxyl groups is 1. The zero-order chi connectivity index (χ0) is 10.9. The molecule has 0 bridgehead atoms. The Hall–Kier alpha value is -0.880. The normalized spacial score (nSPS) is 25.3. The molecule has 1 fully saturated rings. The van der Waals surface area contributed by atoms with Crippen LogP contribution in [0.5, 0.6) is 0 Å². The minimum Gasteiger partial charge on any atom is -0.390 e. The number of rotatable bonds is 2.